The fourth-order valence-electron chi connectivity index (χ4n) is 0.818. The maximum absolute atomic E-state index is 9.34. The fraction of sp³-hybridized carbons (Fsp3) is 1.00. The van der Waals surface area contributed by atoms with E-state index in [1.807, 2.05) is 0 Å². The van der Waals surface area contributed by atoms with Crippen molar-refractivity contribution in [3.63, 3.8) is 0 Å². The van der Waals surface area contributed by atoms with E-state index in [-0.39, 0.29) is 5.41 Å². The van der Waals surface area contributed by atoms with Crippen LogP contribution in [0.4, 0.5) is 0 Å². The molecule has 0 rings (SSSR count). The highest BCUT2D eigenvalue weighted by Crippen LogP contribution is 2.12. The summed E-state index contributed by atoms with van der Waals surface area (Å²) in [5.74, 6) is 0. The molecular formula is C11H24O3. The van der Waals surface area contributed by atoms with E-state index in [0.29, 0.717) is 19.8 Å². The van der Waals surface area contributed by atoms with Crippen LogP contribution in [0.3, 0.4) is 0 Å². The molecule has 0 aliphatic heterocycles. The maximum Gasteiger partial charge on any atom is 0.0824 e. The van der Waals surface area contributed by atoms with E-state index in [0.717, 1.165) is 6.61 Å². The van der Waals surface area contributed by atoms with Crippen LogP contribution in [-0.4, -0.2) is 37.1 Å². The summed E-state index contributed by atoms with van der Waals surface area (Å²) in [6, 6.07) is 0. The van der Waals surface area contributed by atoms with Gasteiger partial charge < -0.3 is 14.6 Å². The first kappa shape index (κ1) is 13.9. The van der Waals surface area contributed by atoms with E-state index in [9.17, 15) is 5.11 Å². The fourth-order valence-corrected chi connectivity index (χ4v) is 0.818. The van der Waals surface area contributed by atoms with Crippen LogP contribution in [0.15, 0.2) is 0 Å². The minimum atomic E-state index is -0.746. The Morgan fingerprint density at radius 3 is 1.64 bits per heavy atom. The van der Waals surface area contributed by atoms with Gasteiger partial charge in [0.1, 0.15) is 0 Å². The number of rotatable bonds is 6. The highest BCUT2D eigenvalue weighted by atomic mass is 16.5. The van der Waals surface area contributed by atoms with E-state index in [4.69, 9.17) is 9.47 Å². The average Bonchev–Trinajstić information content (AvgIpc) is 1.92. The van der Waals surface area contributed by atoms with Crippen molar-refractivity contribution < 1.29 is 14.6 Å². The molecule has 0 spiro atoms. The summed E-state index contributed by atoms with van der Waals surface area (Å²) in [4.78, 5) is 0. The minimum Gasteiger partial charge on any atom is -0.388 e. The second-order valence-corrected chi connectivity index (χ2v) is 5.48. The Balaban J connectivity index is 3.23. The van der Waals surface area contributed by atoms with Crippen LogP contribution in [0.2, 0.25) is 0 Å². The SMILES string of the molecule is CC(C)(C)COCCOCC(C)(C)O. The number of hydrogen-bond donors (Lipinski definition) is 1. The zero-order valence-electron chi connectivity index (χ0n) is 10.1. The average molecular weight is 204 g/mol. The molecule has 0 saturated carbocycles. The van der Waals surface area contributed by atoms with E-state index in [1.165, 1.54) is 0 Å². The quantitative estimate of drug-likeness (QED) is 0.671. The monoisotopic (exact) mass is 204 g/mol. The van der Waals surface area contributed by atoms with Crippen molar-refractivity contribution in [1.29, 1.82) is 0 Å². The van der Waals surface area contributed by atoms with Crippen molar-refractivity contribution in [3.8, 4) is 0 Å². The Morgan fingerprint density at radius 1 is 0.857 bits per heavy atom. The molecule has 0 radical (unpaired) electrons. The van der Waals surface area contributed by atoms with Gasteiger partial charge in [0.15, 0.2) is 0 Å². The van der Waals surface area contributed by atoms with Crippen LogP contribution in [0.1, 0.15) is 34.6 Å². The number of hydrogen-bond acceptors (Lipinski definition) is 3. The topological polar surface area (TPSA) is 38.7 Å². The predicted octanol–water partition coefficient (Wildman–Crippen LogP) is 1.84. The summed E-state index contributed by atoms with van der Waals surface area (Å²) in [5, 5.41) is 9.34. The van der Waals surface area contributed by atoms with Crippen molar-refractivity contribution in [1.82, 2.24) is 0 Å². The molecule has 0 fully saturated rings. The molecule has 0 unspecified atom stereocenters. The Bertz CT molecular complexity index is 124. The standard InChI is InChI=1S/C11H24O3/c1-10(2,3)8-13-6-7-14-9-11(4,5)12/h12H,6-9H2,1-5H3. The van der Waals surface area contributed by atoms with Crippen molar-refractivity contribution in [2.75, 3.05) is 26.4 Å². The van der Waals surface area contributed by atoms with Crippen molar-refractivity contribution in [2.24, 2.45) is 5.41 Å². The van der Waals surface area contributed by atoms with E-state index >= 15 is 0 Å². The van der Waals surface area contributed by atoms with E-state index in [2.05, 4.69) is 20.8 Å². The van der Waals surface area contributed by atoms with Gasteiger partial charge in [-0.15, -0.1) is 0 Å². The van der Waals surface area contributed by atoms with Crippen LogP contribution in [-0.2, 0) is 9.47 Å². The molecule has 1 N–H and O–H groups in total. The zero-order chi connectivity index (χ0) is 11.2. The van der Waals surface area contributed by atoms with Gasteiger partial charge in [-0.3, -0.25) is 0 Å². The van der Waals surface area contributed by atoms with Gasteiger partial charge in [0.05, 0.1) is 32.0 Å². The second kappa shape index (κ2) is 5.69. The molecule has 0 aromatic heterocycles. The Hall–Kier alpha value is -0.120. The van der Waals surface area contributed by atoms with Crippen LogP contribution >= 0.6 is 0 Å². The number of aliphatic hydroxyl groups is 1. The van der Waals surface area contributed by atoms with Crippen LogP contribution in [0, 0.1) is 5.41 Å². The molecular weight excluding hydrogens is 180 g/mol. The summed E-state index contributed by atoms with van der Waals surface area (Å²) in [5.41, 5.74) is -0.541. The largest absolute Gasteiger partial charge is 0.388 e. The Kier molecular flexibility index (Phi) is 5.64. The lowest BCUT2D eigenvalue weighted by Gasteiger charge is -2.19. The third-order valence-electron chi connectivity index (χ3n) is 1.36. The highest BCUT2D eigenvalue weighted by Gasteiger charge is 2.12. The molecule has 86 valence electrons. The molecule has 14 heavy (non-hydrogen) atoms. The van der Waals surface area contributed by atoms with Gasteiger partial charge in [-0.2, -0.15) is 0 Å². The molecule has 3 heteroatoms. The van der Waals surface area contributed by atoms with Crippen molar-refractivity contribution >= 4 is 0 Å². The zero-order valence-corrected chi connectivity index (χ0v) is 10.1. The molecule has 0 aliphatic rings. The maximum atomic E-state index is 9.34. The molecule has 0 atom stereocenters. The minimum absolute atomic E-state index is 0.205. The molecule has 0 heterocycles. The third-order valence-corrected chi connectivity index (χ3v) is 1.36. The first-order valence-electron chi connectivity index (χ1n) is 5.09. The molecule has 3 nitrogen and oxygen atoms in total. The lowest BCUT2D eigenvalue weighted by Crippen LogP contribution is -2.27. The first-order chi connectivity index (χ1) is 6.21. The first-order valence-corrected chi connectivity index (χ1v) is 5.09. The second-order valence-electron chi connectivity index (χ2n) is 5.48. The van der Waals surface area contributed by atoms with Gasteiger partial charge in [-0.05, 0) is 19.3 Å². The van der Waals surface area contributed by atoms with Crippen LogP contribution in [0.25, 0.3) is 0 Å². The van der Waals surface area contributed by atoms with E-state index < -0.39 is 5.60 Å². The van der Waals surface area contributed by atoms with Crippen molar-refractivity contribution in [3.05, 3.63) is 0 Å². The van der Waals surface area contributed by atoms with Gasteiger partial charge in [-0.25, -0.2) is 0 Å². The van der Waals surface area contributed by atoms with Crippen LogP contribution < -0.4 is 0 Å². The predicted molar refractivity (Wildman–Crippen MR) is 57.4 cm³/mol. The van der Waals surface area contributed by atoms with E-state index in [1.54, 1.807) is 13.8 Å². The molecule has 0 aromatic carbocycles. The van der Waals surface area contributed by atoms with Gasteiger partial charge in [-0.1, -0.05) is 20.8 Å². The summed E-state index contributed by atoms with van der Waals surface area (Å²) < 4.78 is 10.6. The lowest BCUT2D eigenvalue weighted by atomic mass is 9.99. The van der Waals surface area contributed by atoms with Gasteiger partial charge in [0.2, 0.25) is 0 Å². The molecule has 0 aliphatic carbocycles. The Morgan fingerprint density at radius 2 is 1.29 bits per heavy atom. The van der Waals surface area contributed by atoms with Gasteiger partial charge in [0, 0.05) is 0 Å². The third kappa shape index (κ3) is 11.9. The lowest BCUT2D eigenvalue weighted by molar-refractivity contribution is -0.0431. The summed E-state index contributed by atoms with van der Waals surface area (Å²) in [6.07, 6.45) is 0. The Labute approximate surface area is 87.4 Å². The number of ether oxygens (including phenoxy) is 2. The van der Waals surface area contributed by atoms with Crippen molar-refractivity contribution in [2.45, 2.75) is 40.2 Å². The van der Waals surface area contributed by atoms with Gasteiger partial charge in [0.25, 0.3) is 0 Å². The highest BCUT2D eigenvalue weighted by molar-refractivity contribution is 4.62. The summed E-state index contributed by atoms with van der Waals surface area (Å²) in [7, 11) is 0. The summed E-state index contributed by atoms with van der Waals surface area (Å²) >= 11 is 0. The summed E-state index contributed by atoms with van der Waals surface area (Å²) in [6.45, 7) is 12.1. The van der Waals surface area contributed by atoms with Crippen LogP contribution in [0.5, 0.6) is 0 Å². The molecule has 0 bridgehead atoms. The molecule has 0 saturated heterocycles. The smallest absolute Gasteiger partial charge is 0.0824 e. The molecule has 0 amide bonds. The normalized spacial score (nSPS) is 13.3. The van der Waals surface area contributed by atoms with Gasteiger partial charge >= 0.3 is 0 Å². The molecule has 0 aromatic rings.